The standard InChI is InChI=1S/C21H30FN3O2/c1-3-7-15(2)23-20(26)16-8-6-12-24(14-16)19-11-13-25(21(19)27)18-10-5-4-9-17(18)22/h4-5,9-10,15-16,19H,3,6-8,11-14H2,1-2H3,(H,23,26). The molecule has 0 spiro atoms. The van der Waals surface area contributed by atoms with Crippen LogP contribution >= 0.6 is 0 Å². The molecular weight excluding hydrogens is 345 g/mol. The van der Waals surface area contributed by atoms with Gasteiger partial charge in [-0.25, -0.2) is 4.39 Å². The number of nitrogens with one attached hydrogen (secondary N) is 1. The predicted octanol–water partition coefficient (Wildman–Crippen LogP) is 2.95. The highest BCUT2D eigenvalue weighted by atomic mass is 19.1. The fourth-order valence-electron chi connectivity index (χ4n) is 4.28. The molecule has 0 aliphatic carbocycles. The molecule has 27 heavy (non-hydrogen) atoms. The van der Waals surface area contributed by atoms with Gasteiger partial charge in [-0.3, -0.25) is 14.5 Å². The van der Waals surface area contributed by atoms with Crippen LogP contribution in [0.4, 0.5) is 10.1 Å². The molecule has 3 atom stereocenters. The van der Waals surface area contributed by atoms with E-state index in [1.807, 2.05) is 6.92 Å². The normalized spacial score (nSPS) is 24.9. The summed E-state index contributed by atoms with van der Waals surface area (Å²) in [5.74, 6) is -0.404. The highest BCUT2D eigenvalue weighted by Gasteiger charge is 2.40. The highest BCUT2D eigenvalue weighted by Crippen LogP contribution is 2.29. The van der Waals surface area contributed by atoms with Crippen molar-refractivity contribution in [3.8, 4) is 0 Å². The maximum atomic E-state index is 14.1. The van der Waals surface area contributed by atoms with Gasteiger partial charge in [-0.15, -0.1) is 0 Å². The van der Waals surface area contributed by atoms with Crippen LogP contribution in [0.5, 0.6) is 0 Å². The summed E-state index contributed by atoms with van der Waals surface area (Å²) in [6, 6.07) is 6.34. The van der Waals surface area contributed by atoms with Gasteiger partial charge in [0.05, 0.1) is 17.6 Å². The molecule has 3 unspecified atom stereocenters. The van der Waals surface area contributed by atoms with Gasteiger partial charge in [-0.2, -0.15) is 0 Å². The van der Waals surface area contributed by atoms with E-state index < -0.39 is 0 Å². The Labute approximate surface area is 160 Å². The number of carbonyl (C=O) groups is 2. The SMILES string of the molecule is CCCC(C)NC(=O)C1CCCN(C2CCN(c3ccccc3F)C2=O)C1. The van der Waals surface area contributed by atoms with Gasteiger partial charge in [0.1, 0.15) is 5.82 Å². The second-order valence-corrected chi connectivity index (χ2v) is 7.78. The molecule has 148 valence electrons. The molecule has 2 aliphatic heterocycles. The van der Waals surface area contributed by atoms with Gasteiger partial charge in [0.25, 0.3) is 0 Å². The van der Waals surface area contributed by atoms with Crippen molar-refractivity contribution in [1.82, 2.24) is 10.2 Å². The van der Waals surface area contributed by atoms with E-state index in [2.05, 4.69) is 17.1 Å². The minimum Gasteiger partial charge on any atom is -0.353 e. The molecular formula is C21H30FN3O2. The number of nitrogens with zero attached hydrogens (tertiary/aromatic N) is 2. The fourth-order valence-corrected chi connectivity index (χ4v) is 4.28. The zero-order chi connectivity index (χ0) is 19.4. The molecule has 5 nitrogen and oxygen atoms in total. The topological polar surface area (TPSA) is 52.7 Å². The number of hydrogen-bond donors (Lipinski definition) is 1. The van der Waals surface area contributed by atoms with Crippen LogP contribution in [0.3, 0.4) is 0 Å². The molecule has 1 aromatic rings. The first-order chi connectivity index (χ1) is 13.0. The molecule has 0 aromatic heterocycles. The van der Waals surface area contributed by atoms with Crippen LogP contribution in [-0.2, 0) is 9.59 Å². The third-order valence-corrected chi connectivity index (χ3v) is 5.70. The lowest BCUT2D eigenvalue weighted by molar-refractivity contribution is -0.130. The number of carbonyl (C=O) groups excluding carboxylic acids is 2. The monoisotopic (exact) mass is 375 g/mol. The van der Waals surface area contributed by atoms with E-state index in [9.17, 15) is 14.0 Å². The van der Waals surface area contributed by atoms with Gasteiger partial charge in [0.2, 0.25) is 11.8 Å². The van der Waals surface area contributed by atoms with E-state index in [1.54, 1.807) is 23.1 Å². The summed E-state index contributed by atoms with van der Waals surface area (Å²) in [7, 11) is 0. The maximum Gasteiger partial charge on any atom is 0.244 e. The number of halogens is 1. The Hall–Kier alpha value is -1.95. The second-order valence-electron chi connectivity index (χ2n) is 7.78. The van der Waals surface area contributed by atoms with Crippen molar-refractivity contribution in [2.75, 3.05) is 24.5 Å². The Bertz CT molecular complexity index is 681. The van der Waals surface area contributed by atoms with Crippen molar-refractivity contribution in [3.05, 3.63) is 30.1 Å². The molecule has 3 rings (SSSR count). The number of amides is 2. The van der Waals surface area contributed by atoms with Gasteiger partial charge in [-0.1, -0.05) is 25.5 Å². The smallest absolute Gasteiger partial charge is 0.244 e. The Kier molecular flexibility index (Phi) is 6.47. The van der Waals surface area contributed by atoms with E-state index in [4.69, 9.17) is 0 Å². The number of hydrogen-bond acceptors (Lipinski definition) is 3. The molecule has 2 heterocycles. The molecule has 1 N–H and O–H groups in total. The minimum absolute atomic E-state index is 0.0551. The summed E-state index contributed by atoms with van der Waals surface area (Å²) >= 11 is 0. The van der Waals surface area contributed by atoms with Crippen LogP contribution in [0.25, 0.3) is 0 Å². The number of piperidine rings is 1. The van der Waals surface area contributed by atoms with Crippen LogP contribution < -0.4 is 10.2 Å². The number of benzene rings is 1. The molecule has 2 aliphatic rings. The zero-order valence-electron chi connectivity index (χ0n) is 16.3. The van der Waals surface area contributed by atoms with Gasteiger partial charge in [-0.05, 0) is 51.3 Å². The number of anilines is 1. The summed E-state index contributed by atoms with van der Waals surface area (Å²) in [4.78, 5) is 29.2. The largest absolute Gasteiger partial charge is 0.353 e. The lowest BCUT2D eigenvalue weighted by Crippen LogP contribution is -2.50. The first-order valence-electron chi connectivity index (χ1n) is 10.1. The Balaban J connectivity index is 1.62. The van der Waals surface area contributed by atoms with Crippen molar-refractivity contribution >= 4 is 17.5 Å². The van der Waals surface area contributed by atoms with E-state index >= 15 is 0 Å². The van der Waals surface area contributed by atoms with E-state index in [0.717, 1.165) is 32.2 Å². The molecule has 2 saturated heterocycles. The molecule has 2 amide bonds. The van der Waals surface area contributed by atoms with Crippen molar-refractivity contribution in [1.29, 1.82) is 0 Å². The van der Waals surface area contributed by atoms with Gasteiger partial charge in [0.15, 0.2) is 0 Å². The van der Waals surface area contributed by atoms with E-state index in [1.165, 1.54) is 6.07 Å². The summed E-state index contributed by atoms with van der Waals surface area (Å²) in [5.41, 5.74) is 0.352. The van der Waals surface area contributed by atoms with Gasteiger partial charge < -0.3 is 10.2 Å². The minimum atomic E-state index is -0.368. The second kappa shape index (κ2) is 8.83. The lowest BCUT2D eigenvalue weighted by atomic mass is 9.95. The molecule has 6 heteroatoms. The average molecular weight is 375 g/mol. The molecule has 1 aromatic carbocycles. The molecule has 2 fully saturated rings. The zero-order valence-corrected chi connectivity index (χ0v) is 16.3. The third-order valence-electron chi connectivity index (χ3n) is 5.70. The van der Waals surface area contributed by atoms with Crippen LogP contribution in [0.2, 0.25) is 0 Å². The number of para-hydroxylation sites is 1. The number of likely N-dealkylation sites (tertiary alicyclic amines) is 1. The van der Waals surface area contributed by atoms with Gasteiger partial charge >= 0.3 is 0 Å². The third kappa shape index (κ3) is 4.49. The van der Waals surface area contributed by atoms with Gasteiger partial charge in [0, 0.05) is 19.1 Å². The van der Waals surface area contributed by atoms with Crippen molar-refractivity contribution in [3.63, 3.8) is 0 Å². The first kappa shape index (κ1) is 19.8. The average Bonchev–Trinajstić information content (AvgIpc) is 3.03. The van der Waals surface area contributed by atoms with Crippen LogP contribution in [0, 0.1) is 11.7 Å². The Morgan fingerprint density at radius 2 is 2.07 bits per heavy atom. The van der Waals surface area contributed by atoms with Crippen molar-refractivity contribution in [2.24, 2.45) is 5.92 Å². The van der Waals surface area contributed by atoms with Crippen molar-refractivity contribution in [2.45, 2.75) is 58.0 Å². The fraction of sp³-hybridized carbons (Fsp3) is 0.619. The molecule has 0 bridgehead atoms. The van der Waals surface area contributed by atoms with Crippen LogP contribution in [-0.4, -0.2) is 48.4 Å². The predicted molar refractivity (Wildman–Crippen MR) is 104 cm³/mol. The van der Waals surface area contributed by atoms with Crippen molar-refractivity contribution < 1.29 is 14.0 Å². The number of rotatable bonds is 6. The molecule has 0 saturated carbocycles. The van der Waals surface area contributed by atoms with Crippen LogP contribution in [0.15, 0.2) is 24.3 Å². The Morgan fingerprint density at radius 3 is 2.81 bits per heavy atom. The molecule has 0 radical (unpaired) electrons. The summed E-state index contributed by atoms with van der Waals surface area (Å²) in [5, 5.41) is 3.10. The lowest BCUT2D eigenvalue weighted by Gasteiger charge is -2.35. The maximum absolute atomic E-state index is 14.1. The Morgan fingerprint density at radius 1 is 1.30 bits per heavy atom. The summed E-state index contributed by atoms with van der Waals surface area (Å²) < 4.78 is 14.1. The van der Waals surface area contributed by atoms with E-state index in [-0.39, 0.29) is 35.6 Å². The first-order valence-corrected chi connectivity index (χ1v) is 10.1. The summed E-state index contributed by atoms with van der Waals surface area (Å²) in [6.45, 7) is 6.08. The highest BCUT2D eigenvalue weighted by molar-refractivity contribution is 5.99. The quantitative estimate of drug-likeness (QED) is 0.832. The van der Waals surface area contributed by atoms with E-state index in [0.29, 0.717) is 25.2 Å². The summed E-state index contributed by atoms with van der Waals surface area (Å²) in [6.07, 6.45) is 4.46. The van der Waals surface area contributed by atoms with Crippen LogP contribution in [0.1, 0.15) is 46.0 Å².